The predicted molar refractivity (Wildman–Crippen MR) is 61.0 cm³/mol. The van der Waals surface area contributed by atoms with E-state index in [0.717, 1.165) is 22.7 Å². The fourth-order valence-corrected chi connectivity index (χ4v) is 1.48. The first-order valence-corrected chi connectivity index (χ1v) is 4.98. The molecule has 0 amide bonds. The minimum atomic E-state index is 0.459. The van der Waals surface area contributed by atoms with Crippen LogP contribution < -0.4 is 10.7 Å². The van der Waals surface area contributed by atoms with E-state index in [1.54, 1.807) is 6.33 Å². The summed E-state index contributed by atoms with van der Waals surface area (Å²) in [6.45, 7) is 14.4. The Morgan fingerprint density at radius 3 is 2.57 bits per heavy atom. The molecule has 0 unspecified atom stereocenters. The summed E-state index contributed by atoms with van der Waals surface area (Å²) >= 11 is 0. The van der Waals surface area contributed by atoms with Crippen molar-refractivity contribution in [2.45, 2.75) is 27.2 Å². The maximum Gasteiger partial charge on any atom is 0.0931 e. The number of rotatable bonds is 3. The Hall–Kier alpha value is -1.31. The largest absolute Gasteiger partial charge is 0.345 e. The van der Waals surface area contributed by atoms with Gasteiger partial charge in [-0.15, -0.1) is 0 Å². The fraction of sp³-hybridized carbons (Fsp3) is 0.417. The highest BCUT2D eigenvalue weighted by Crippen LogP contribution is 2.19. The summed E-state index contributed by atoms with van der Waals surface area (Å²) in [6.07, 6.45) is 2.63. The summed E-state index contributed by atoms with van der Waals surface area (Å²) in [5.74, 6) is 0.459. The molecule has 14 heavy (non-hydrogen) atoms. The number of hydrogen-bond acceptors (Lipinski definition) is 1. The topological polar surface area (TPSA) is 28.7 Å². The Kier molecular flexibility index (Phi) is 3.28. The van der Waals surface area contributed by atoms with Crippen molar-refractivity contribution < 1.29 is 0 Å². The zero-order valence-corrected chi connectivity index (χ0v) is 9.22. The number of imidazole rings is 1. The molecule has 0 saturated carbocycles. The Bertz CT molecular complexity index is 423. The van der Waals surface area contributed by atoms with Crippen molar-refractivity contribution >= 4 is 12.2 Å². The molecular weight excluding hydrogens is 172 g/mol. The second-order valence-corrected chi connectivity index (χ2v) is 3.74. The summed E-state index contributed by atoms with van der Waals surface area (Å²) in [5, 5.41) is 1.84. The third kappa shape index (κ3) is 1.95. The third-order valence-electron chi connectivity index (χ3n) is 2.44. The minimum Gasteiger partial charge on any atom is -0.345 e. The van der Waals surface area contributed by atoms with Crippen LogP contribution in [0.5, 0.6) is 0 Å². The Morgan fingerprint density at radius 2 is 2.21 bits per heavy atom. The van der Waals surface area contributed by atoms with Crippen LogP contribution in [-0.2, 0) is 0 Å². The number of aromatic amines is 1. The van der Waals surface area contributed by atoms with Crippen molar-refractivity contribution in [2.24, 2.45) is 5.92 Å². The molecule has 0 aliphatic heterocycles. The van der Waals surface area contributed by atoms with Gasteiger partial charge in [0.05, 0.1) is 17.0 Å². The van der Waals surface area contributed by atoms with Crippen LogP contribution in [-0.4, -0.2) is 9.97 Å². The van der Waals surface area contributed by atoms with Gasteiger partial charge in [0.25, 0.3) is 0 Å². The van der Waals surface area contributed by atoms with E-state index in [1.165, 1.54) is 5.57 Å². The summed E-state index contributed by atoms with van der Waals surface area (Å²) in [6, 6.07) is 0. The maximum atomic E-state index is 4.27. The molecule has 1 N–H and O–H groups in total. The molecule has 0 atom stereocenters. The van der Waals surface area contributed by atoms with Crippen molar-refractivity contribution in [3.63, 3.8) is 0 Å². The van der Waals surface area contributed by atoms with Crippen molar-refractivity contribution in [3.05, 3.63) is 29.2 Å². The summed E-state index contributed by atoms with van der Waals surface area (Å²) in [4.78, 5) is 7.27. The lowest BCUT2D eigenvalue weighted by Crippen LogP contribution is -2.26. The van der Waals surface area contributed by atoms with Crippen LogP contribution in [0.15, 0.2) is 18.5 Å². The molecule has 0 radical (unpaired) electrons. The molecule has 2 heteroatoms. The molecule has 0 aliphatic rings. The van der Waals surface area contributed by atoms with E-state index in [-0.39, 0.29) is 0 Å². The van der Waals surface area contributed by atoms with Gasteiger partial charge < -0.3 is 4.98 Å². The average Bonchev–Trinajstić information content (AvgIpc) is 2.53. The molecule has 1 aromatic rings. The van der Waals surface area contributed by atoms with Gasteiger partial charge in [0.2, 0.25) is 0 Å². The van der Waals surface area contributed by atoms with Crippen molar-refractivity contribution in [3.8, 4) is 0 Å². The highest BCUT2D eigenvalue weighted by Gasteiger charge is 2.07. The Morgan fingerprint density at radius 1 is 1.57 bits per heavy atom. The summed E-state index contributed by atoms with van der Waals surface area (Å²) < 4.78 is 0. The molecule has 0 bridgehead atoms. The van der Waals surface area contributed by atoms with Gasteiger partial charge in [-0.25, -0.2) is 4.98 Å². The van der Waals surface area contributed by atoms with Gasteiger partial charge in [-0.3, -0.25) is 0 Å². The normalized spacial score (nSPS) is 13.1. The number of allylic oxidation sites excluding steroid dienone is 1. The predicted octanol–water partition coefficient (Wildman–Crippen LogP) is 1.59. The van der Waals surface area contributed by atoms with E-state index in [2.05, 4.69) is 43.9 Å². The van der Waals surface area contributed by atoms with E-state index in [0.29, 0.717) is 5.92 Å². The van der Waals surface area contributed by atoms with Crippen LogP contribution >= 0.6 is 0 Å². The van der Waals surface area contributed by atoms with Crippen LogP contribution in [0, 0.1) is 5.92 Å². The van der Waals surface area contributed by atoms with E-state index in [1.807, 2.05) is 0 Å². The lowest BCUT2D eigenvalue weighted by molar-refractivity contribution is 0.791. The van der Waals surface area contributed by atoms with Gasteiger partial charge in [-0.1, -0.05) is 33.9 Å². The molecule has 2 nitrogen and oxygen atoms in total. The molecular formula is C12H18N2. The third-order valence-corrected chi connectivity index (χ3v) is 2.44. The monoisotopic (exact) mass is 190 g/mol. The standard InChI is InChI=1S/C12H18N2/c1-6-11(9(4)8(2)3)12-10(5)13-7-14-12/h7-8H,4-6H2,1-3H3,(H,13,14)/b12-11+. The molecule has 0 aromatic carbocycles. The SMILES string of the molecule is C=C(/C(CC)=c1/nc[nH]c1=C)C(C)C. The van der Waals surface area contributed by atoms with Gasteiger partial charge in [0.1, 0.15) is 0 Å². The molecule has 0 saturated heterocycles. The van der Waals surface area contributed by atoms with Gasteiger partial charge in [-0.05, 0) is 23.5 Å². The molecule has 0 fully saturated rings. The number of nitrogens with zero attached hydrogens (tertiary/aromatic N) is 1. The molecule has 0 aliphatic carbocycles. The van der Waals surface area contributed by atoms with E-state index < -0.39 is 0 Å². The fourth-order valence-electron chi connectivity index (χ4n) is 1.48. The highest BCUT2D eigenvalue weighted by atomic mass is 14.8. The van der Waals surface area contributed by atoms with Gasteiger partial charge in [0, 0.05) is 0 Å². The van der Waals surface area contributed by atoms with Crippen molar-refractivity contribution in [1.82, 2.24) is 9.97 Å². The van der Waals surface area contributed by atoms with E-state index >= 15 is 0 Å². The second kappa shape index (κ2) is 4.27. The number of nitrogens with one attached hydrogen (secondary N) is 1. The first kappa shape index (κ1) is 10.8. The maximum absolute atomic E-state index is 4.27. The summed E-state index contributed by atoms with van der Waals surface area (Å²) in [5.41, 5.74) is 2.37. The van der Waals surface area contributed by atoms with Crippen LogP contribution in [0.2, 0.25) is 0 Å². The van der Waals surface area contributed by atoms with Gasteiger partial charge in [-0.2, -0.15) is 0 Å². The first-order valence-electron chi connectivity index (χ1n) is 4.98. The minimum absolute atomic E-state index is 0.459. The molecule has 1 aromatic heterocycles. The van der Waals surface area contributed by atoms with Crippen LogP contribution in [0.1, 0.15) is 27.2 Å². The number of H-pyrrole nitrogens is 1. The average molecular weight is 190 g/mol. The summed E-state index contributed by atoms with van der Waals surface area (Å²) in [7, 11) is 0. The first-order chi connectivity index (χ1) is 6.57. The quantitative estimate of drug-likeness (QED) is 0.770. The van der Waals surface area contributed by atoms with Crippen LogP contribution in [0.4, 0.5) is 0 Å². The lowest BCUT2D eigenvalue weighted by Gasteiger charge is -2.11. The molecule has 76 valence electrons. The smallest absolute Gasteiger partial charge is 0.0931 e. The van der Waals surface area contributed by atoms with Crippen molar-refractivity contribution in [1.29, 1.82) is 0 Å². The van der Waals surface area contributed by atoms with Gasteiger partial charge in [0.15, 0.2) is 0 Å². The molecule has 1 rings (SSSR count). The zero-order valence-electron chi connectivity index (χ0n) is 9.22. The number of hydrogen-bond donors (Lipinski definition) is 1. The van der Waals surface area contributed by atoms with E-state index in [4.69, 9.17) is 0 Å². The Labute approximate surface area is 85.1 Å². The molecule has 0 spiro atoms. The van der Waals surface area contributed by atoms with Crippen LogP contribution in [0.3, 0.4) is 0 Å². The number of aromatic nitrogens is 2. The molecule has 1 heterocycles. The van der Waals surface area contributed by atoms with Gasteiger partial charge >= 0.3 is 0 Å². The lowest BCUT2D eigenvalue weighted by atomic mass is 9.95. The second-order valence-electron chi connectivity index (χ2n) is 3.74. The van der Waals surface area contributed by atoms with E-state index in [9.17, 15) is 0 Å². The van der Waals surface area contributed by atoms with Crippen molar-refractivity contribution in [2.75, 3.05) is 0 Å². The highest BCUT2D eigenvalue weighted by molar-refractivity contribution is 5.62. The Balaban J connectivity index is 3.36. The van der Waals surface area contributed by atoms with Crippen LogP contribution in [0.25, 0.3) is 12.2 Å². The zero-order chi connectivity index (χ0) is 10.7.